The van der Waals surface area contributed by atoms with E-state index in [0.717, 1.165) is 41.4 Å². The smallest absolute Gasteiger partial charge is 0.163 e. The van der Waals surface area contributed by atoms with Crippen LogP contribution in [-0.2, 0) is 6.54 Å². The molecule has 0 saturated carbocycles. The number of ether oxygens (including phenoxy) is 2. The summed E-state index contributed by atoms with van der Waals surface area (Å²) in [5.74, 6) is 1.51. The Labute approximate surface area is 155 Å². The van der Waals surface area contributed by atoms with Gasteiger partial charge in [0.1, 0.15) is 0 Å². The number of para-hydroxylation sites is 1. The minimum Gasteiger partial charge on any atom is -0.493 e. The topological polar surface area (TPSA) is 34.6 Å². The van der Waals surface area contributed by atoms with Gasteiger partial charge < -0.3 is 14.4 Å². The number of anilines is 2. The highest BCUT2D eigenvalue weighted by atomic mass is 16.5. The van der Waals surface area contributed by atoms with E-state index in [0.29, 0.717) is 6.61 Å². The zero-order valence-electron chi connectivity index (χ0n) is 15.3. The zero-order valence-corrected chi connectivity index (χ0v) is 15.3. The molecule has 0 atom stereocenters. The summed E-state index contributed by atoms with van der Waals surface area (Å²) < 4.78 is 11.3. The third-order valence-electron chi connectivity index (χ3n) is 4.05. The predicted octanol–water partition coefficient (Wildman–Crippen LogP) is 5.22. The largest absolute Gasteiger partial charge is 0.493 e. The van der Waals surface area contributed by atoms with Crippen molar-refractivity contribution in [2.24, 2.45) is 0 Å². The van der Waals surface area contributed by atoms with E-state index in [1.807, 2.05) is 42.6 Å². The molecule has 1 aromatic heterocycles. The molecule has 0 radical (unpaired) electrons. The minimum absolute atomic E-state index is 0.660. The van der Waals surface area contributed by atoms with Crippen molar-refractivity contribution in [3.63, 3.8) is 0 Å². The van der Waals surface area contributed by atoms with Gasteiger partial charge in [0.25, 0.3) is 0 Å². The van der Waals surface area contributed by atoms with Crippen molar-refractivity contribution in [2.45, 2.75) is 19.9 Å². The molecule has 0 saturated heterocycles. The molecule has 0 amide bonds. The molecule has 0 N–H and O–H groups in total. The van der Waals surface area contributed by atoms with E-state index in [-0.39, 0.29) is 0 Å². The Morgan fingerprint density at radius 3 is 2.46 bits per heavy atom. The van der Waals surface area contributed by atoms with Gasteiger partial charge in [0.15, 0.2) is 11.5 Å². The fraction of sp³-hybridized carbons (Fsp3) is 0.227. The lowest BCUT2D eigenvalue weighted by Crippen LogP contribution is -2.16. The zero-order chi connectivity index (χ0) is 18.2. The first-order valence-electron chi connectivity index (χ1n) is 8.84. The molecule has 0 aliphatic rings. The van der Waals surface area contributed by atoms with Crippen molar-refractivity contribution in [3.05, 3.63) is 78.6 Å². The second-order valence-electron chi connectivity index (χ2n) is 5.97. The molecule has 0 unspecified atom stereocenters. The molecular formula is C22H24N2O2. The summed E-state index contributed by atoms with van der Waals surface area (Å²) in [6.45, 7) is 3.47. The quantitative estimate of drug-likeness (QED) is 0.559. The summed E-state index contributed by atoms with van der Waals surface area (Å²) in [4.78, 5) is 6.48. The van der Waals surface area contributed by atoms with Crippen LogP contribution in [0, 0.1) is 0 Å². The number of hydrogen-bond acceptors (Lipinski definition) is 4. The third kappa shape index (κ3) is 4.33. The van der Waals surface area contributed by atoms with Gasteiger partial charge in [0.05, 0.1) is 13.7 Å². The van der Waals surface area contributed by atoms with Gasteiger partial charge >= 0.3 is 0 Å². The first-order valence-corrected chi connectivity index (χ1v) is 8.84. The number of pyridine rings is 1. The lowest BCUT2D eigenvalue weighted by molar-refractivity contribution is 0.294. The fourth-order valence-electron chi connectivity index (χ4n) is 2.77. The van der Waals surface area contributed by atoms with Crippen LogP contribution in [0.4, 0.5) is 11.4 Å². The molecule has 0 aliphatic carbocycles. The second kappa shape index (κ2) is 8.90. The number of nitrogens with zero attached hydrogens (tertiary/aromatic N) is 2. The van der Waals surface area contributed by atoms with Crippen LogP contribution in [0.15, 0.2) is 73.1 Å². The Kier molecular flexibility index (Phi) is 6.09. The van der Waals surface area contributed by atoms with E-state index >= 15 is 0 Å². The van der Waals surface area contributed by atoms with E-state index in [4.69, 9.17) is 9.47 Å². The Morgan fingerprint density at radius 1 is 0.923 bits per heavy atom. The summed E-state index contributed by atoms with van der Waals surface area (Å²) >= 11 is 0. The van der Waals surface area contributed by atoms with Gasteiger partial charge in [-0.05, 0) is 42.3 Å². The van der Waals surface area contributed by atoms with E-state index in [1.165, 1.54) is 0 Å². The first-order chi connectivity index (χ1) is 12.8. The maximum Gasteiger partial charge on any atom is 0.163 e. The highest BCUT2D eigenvalue weighted by Crippen LogP contribution is 2.35. The number of aromatic nitrogens is 1. The van der Waals surface area contributed by atoms with E-state index < -0.39 is 0 Å². The summed E-state index contributed by atoms with van der Waals surface area (Å²) in [6.07, 6.45) is 4.64. The molecule has 3 rings (SSSR count). The number of rotatable bonds is 8. The van der Waals surface area contributed by atoms with Crippen LogP contribution in [0.1, 0.15) is 18.9 Å². The molecule has 0 fully saturated rings. The van der Waals surface area contributed by atoms with Crippen LogP contribution in [-0.4, -0.2) is 18.7 Å². The van der Waals surface area contributed by atoms with Gasteiger partial charge in [-0.15, -0.1) is 0 Å². The Balaban J connectivity index is 1.98. The van der Waals surface area contributed by atoms with Crippen molar-refractivity contribution in [3.8, 4) is 11.5 Å². The second-order valence-corrected chi connectivity index (χ2v) is 5.97. The Bertz CT molecular complexity index is 807. The van der Waals surface area contributed by atoms with Crippen molar-refractivity contribution in [1.29, 1.82) is 0 Å². The van der Waals surface area contributed by atoms with Crippen LogP contribution in [0.2, 0.25) is 0 Å². The molecule has 26 heavy (non-hydrogen) atoms. The van der Waals surface area contributed by atoms with Gasteiger partial charge in [-0.1, -0.05) is 31.2 Å². The monoisotopic (exact) mass is 348 g/mol. The highest BCUT2D eigenvalue weighted by molar-refractivity contribution is 5.66. The molecule has 1 heterocycles. The molecule has 0 aliphatic heterocycles. The van der Waals surface area contributed by atoms with E-state index in [2.05, 4.69) is 41.1 Å². The van der Waals surface area contributed by atoms with Crippen LogP contribution in [0.3, 0.4) is 0 Å². The van der Waals surface area contributed by atoms with Crippen molar-refractivity contribution in [2.75, 3.05) is 18.6 Å². The summed E-state index contributed by atoms with van der Waals surface area (Å²) in [7, 11) is 1.67. The molecule has 134 valence electrons. The molecule has 4 heteroatoms. The number of hydrogen-bond donors (Lipinski definition) is 0. The fourth-order valence-corrected chi connectivity index (χ4v) is 2.77. The van der Waals surface area contributed by atoms with Gasteiger partial charge in [-0.3, -0.25) is 4.98 Å². The molecule has 2 aromatic carbocycles. The summed E-state index contributed by atoms with van der Waals surface area (Å²) in [6, 6.07) is 20.4. The molecule has 4 nitrogen and oxygen atoms in total. The first kappa shape index (κ1) is 17.8. The van der Waals surface area contributed by atoms with Crippen molar-refractivity contribution in [1.82, 2.24) is 4.98 Å². The lowest BCUT2D eigenvalue weighted by Gasteiger charge is -2.26. The predicted molar refractivity (Wildman–Crippen MR) is 105 cm³/mol. The van der Waals surface area contributed by atoms with E-state index in [1.54, 1.807) is 13.3 Å². The highest BCUT2D eigenvalue weighted by Gasteiger charge is 2.14. The molecule has 3 aromatic rings. The van der Waals surface area contributed by atoms with Crippen LogP contribution in [0.5, 0.6) is 11.5 Å². The maximum absolute atomic E-state index is 5.89. The SMILES string of the molecule is CCCOc1cc(N(Cc2cccnc2)c2ccccc2)ccc1OC. The Morgan fingerprint density at radius 2 is 1.77 bits per heavy atom. The normalized spacial score (nSPS) is 10.4. The van der Waals surface area contributed by atoms with Crippen molar-refractivity contribution >= 4 is 11.4 Å². The number of benzene rings is 2. The average Bonchev–Trinajstić information content (AvgIpc) is 2.71. The summed E-state index contributed by atoms with van der Waals surface area (Å²) in [5.41, 5.74) is 3.30. The third-order valence-corrected chi connectivity index (χ3v) is 4.05. The standard InChI is InChI=1S/C22H24N2O2/c1-3-14-26-22-15-20(11-12-21(22)25-2)24(19-9-5-4-6-10-19)17-18-8-7-13-23-16-18/h4-13,15-16H,3,14,17H2,1-2H3. The average molecular weight is 348 g/mol. The lowest BCUT2D eigenvalue weighted by atomic mass is 10.2. The van der Waals surface area contributed by atoms with Crippen LogP contribution >= 0.6 is 0 Å². The van der Waals surface area contributed by atoms with Gasteiger partial charge in [-0.25, -0.2) is 0 Å². The molecular weight excluding hydrogens is 324 g/mol. The van der Waals surface area contributed by atoms with Gasteiger partial charge in [0, 0.05) is 36.4 Å². The number of methoxy groups -OCH3 is 1. The molecule has 0 spiro atoms. The van der Waals surface area contributed by atoms with Crippen LogP contribution < -0.4 is 14.4 Å². The Hall–Kier alpha value is -3.01. The molecule has 0 bridgehead atoms. The van der Waals surface area contributed by atoms with Crippen molar-refractivity contribution < 1.29 is 9.47 Å². The van der Waals surface area contributed by atoms with Crippen LogP contribution in [0.25, 0.3) is 0 Å². The maximum atomic E-state index is 5.89. The van der Waals surface area contributed by atoms with Gasteiger partial charge in [-0.2, -0.15) is 0 Å². The van der Waals surface area contributed by atoms with Gasteiger partial charge in [0.2, 0.25) is 0 Å². The minimum atomic E-state index is 0.660. The van der Waals surface area contributed by atoms with E-state index in [9.17, 15) is 0 Å². The summed E-state index contributed by atoms with van der Waals surface area (Å²) in [5, 5.41) is 0.